The zero-order valence-corrected chi connectivity index (χ0v) is 21.7. The third-order valence-electron chi connectivity index (χ3n) is 6.77. The van der Waals surface area contributed by atoms with Gasteiger partial charge in [-0.15, -0.1) is 28.0 Å². The molecule has 3 aromatic rings. The lowest BCUT2D eigenvalue weighted by molar-refractivity contribution is -0.133. The van der Waals surface area contributed by atoms with E-state index in [1.807, 2.05) is 36.1 Å². The number of carbonyl (C=O) groups is 1. The normalized spacial score (nSPS) is 17.9. The van der Waals surface area contributed by atoms with E-state index in [1.54, 1.807) is 11.3 Å². The summed E-state index contributed by atoms with van der Waals surface area (Å²) in [6.45, 7) is 9.70. The van der Waals surface area contributed by atoms with E-state index in [1.165, 1.54) is 10.4 Å². The summed E-state index contributed by atoms with van der Waals surface area (Å²) >= 11 is 7.89. The van der Waals surface area contributed by atoms with Crippen molar-refractivity contribution in [3.8, 4) is 17.3 Å². The highest BCUT2D eigenvalue weighted by atomic mass is 35.5. The van der Waals surface area contributed by atoms with Crippen molar-refractivity contribution in [2.45, 2.75) is 33.2 Å². The summed E-state index contributed by atoms with van der Waals surface area (Å²) in [5.74, 6) is 4.24. The van der Waals surface area contributed by atoms with Crippen molar-refractivity contribution in [3.63, 3.8) is 0 Å². The van der Waals surface area contributed by atoms with Gasteiger partial charge >= 0.3 is 0 Å². The standard InChI is InChI=1S/C26H27ClN6OS/c1-5-10-31-11-13-32(14-12-31)22(34)15-21-25-30-29-18(4)33(25)26-23(16(2)17(3)35-26)24(28-21)19-6-8-20(27)9-7-19/h1,6-9,21H,10-15H2,2-4H3/t21-/m0/s1. The van der Waals surface area contributed by atoms with E-state index in [2.05, 4.69) is 39.4 Å². The molecule has 35 heavy (non-hydrogen) atoms. The van der Waals surface area contributed by atoms with Gasteiger partial charge in [-0.05, 0) is 38.5 Å². The van der Waals surface area contributed by atoms with Crippen molar-refractivity contribution in [1.82, 2.24) is 24.6 Å². The molecule has 2 aliphatic heterocycles. The Balaban J connectivity index is 1.55. The molecule has 0 bridgehead atoms. The van der Waals surface area contributed by atoms with Gasteiger partial charge in [0.1, 0.15) is 16.9 Å². The van der Waals surface area contributed by atoms with Gasteiger partial charge in [-0.3, -0.25) is 19.3 Å². The van der Waals surface area contributed by atoms with Crippen LogP contribution >= 0.6 is 22.9 Å². The molecule has 7 nitrogen and oxygen atoms in total. The number of carbonyl (C=O) groups excluding carboxylic acids is 1. The van der Waals surface area contributed by atoms with E-state index in [9.17, 15) is 4.79 Å². The molecule has 180 valence electrons. The maximum Gasteiger partial charge on any atom is 0.225 e. The third kappa shape index (κ3) is 4.40. The molecule has 0 unspecified atom stereocenters. The number of terminal acetylenes is 1. The molecule has 0 aliphatic carbocycles. The van der Waals surface area contributed by atoms with Crippen LogP contribution in [0.3, 0.4) is 0 Å². The number of fused-ring (bicyclic) bond motifs is 3. The van der Waals surface area contributed by atoms with E-state index >= 15 is 0 Å². The summed E-state index contributed by atoms with van der Waals surface area (Å²) in [5.41, 5.74) is 4.07. The Morgan fingerprint density at radius 2 is 1.86 bits per heavy atom. The lowest BCUT2D eigenvalue weighted by atomic mass is 9.99. The Kier molecular flexibility index (Phi) is 6.49. The van der Waals surface area contributed by atoms with Crippen molar-refractivity contribution in [1.29, 1.82) is 0 Å². The third-order valence-corrected chi connectivity index (χ3v) is 8.21. The van der Waals surface area contributed by atoms with Crippen LogP contribution in [0.2, 0.25) is 5.02 Å². The van der Waals surface area contributed by atoms with Crippen molar-refractivity contribution in [2.75, 3.05) is 32.7 Å². The van der Waals surface area contributed by atoms with E-state index in [4.69, 9.17) is 23.0 Å². The molecule has 4 heterocycles. The Bertz CT molecular complexity index is 1340. The Hall–Kier alpha value is -2.99. The summed E-state index contributed by atoms with van der Waals surface area (Å²) in [6.07, 6.45) is 5.68. The van der Waals surface area contributed by atoms with Gasteiger partial charge in [0.05, 0.1) is 18.7 Å². The summed E-state index contributed by atoms with van der Waals surface area (Å²) in [6, 6.07) is 7.28. The number of hydrogen-bond donors (Lipinski definition) is 0. The molecule has 2 aliphatic rings. The van der Waals surface area contributed by atoms with Gasteiger partial charge in [-0.1, -0.05) is 29.7 Å². The van der Waals surface area contributed by atoms with Gasteiger partial charge in [0.15, 0.2) is 5.82 Å². The number of aliphatic imine (C=N–C) groups is 1. The minimum atomic E-state index is -0.447. The number of piperazine rings is 1. The molecule has 5 rings (SSSR count). The molecule has 0 radical (unpaired) electrons. The largest absolute Gasteiger partial charge is 0.340 e. The molecular weight excluding hydrogens is 480 g/mol. The first kappa shape index (κ1) is 23.7. The molecule has 0 N–H and O–H groups in total. The number of thiophene rings is 1. The highest BCUT2D eigenvalue weighted by Crippen LogP contribution is 2.39. The maximum absolute atomic E-state index is 13.4. The van der Waals surface area contributed by atoms with Crippen molar-refractivity contribution in [2.24, 2.45) is 4.99 Å². The van der Waals surface area contributed by atoms with Crippen molar-refractivity contribution < 1.29 is 4.79 Å². The first-order valence-corrected chi connectivity index (χ1v) is 12.9. The molecule has 0 spiro atoms. The summed E-state index contributed by atoms with van der Waals surface area (Å²) in [5, 5.41) is 10.6. The maximum atomic E-state index is 13.4. The van der Waals surface area contributed by atoms with Crippen LogP contribution in [0.25, 0.3) is 5.00 Å². The highest BCUT2D eigenvalue weighted by molar-refractivity contribution is 7.15. The van der Waals surface area contributed by atoms with Crippen LogP contribution in [0.15, 0.2) is 29.3 Å². The number of amides is 1. The number of benzene rings is 1. The molecule has 1 atom stereocenters. The average molecular weight is 507 g/mol. The number of aryl methyl sites for hydroxylation is 2. The summed E-state index contributed by atoms with van der Waals surface area (Å²) in [7, 11) is 0. The molecule has 1 aromatic carbocycles. The lowest BCUT2D eigenvalue weighted by Crippen LogP contribution is -2.48. The predicted octanol–water partition coefficient (Wildman–Crippen LogP) is 3.97. The Morgan fingerprint density at radius 1 is 1.14 bits per heavy atom. The molecule has 2 aromatic heterocycles. The van der Waals surface area contributed by atoms with Crippen LogP contribution in [-0.4, -0.2) is 68.9 Å². The minimum absolute atomic E-state index is 0.0694. The predicted molar refractivity (Wildman–Crippen MR) is 140 cm³/mol. The summed E-state index contributed by atoms with van der Waals surface area (Å²) in [4.78, 5) is 23.9. The van der Waals surface area contributed by atoms with E-state index < -0.39 is 6.04 Å². The topological polar surface area (TPSA) is 66.6 Å². The van der Waals surface area contributed by atoms with Gasteiger partial charge in [-0.25, -0.2) is 0 Å². The zero-order chi connectivity index (χ0) is 24.7. The zero-order valence-electron chi connectivity index (χ0n) is 20.1. The van der Waals surface area contributed by atoms with Crippen LogP contribution in [0.5, 0.6) is 0 Å². The van der Waals surface area contributed by atoms with Gasteiger partial charge < -0.3 is 4.90 Å². The highest BCUT2D eigenvalue weighted by Gasteiger charge is 2.33. The minimum Gasteiger partial charge on any atom is -0.340 e. The second kappa shape index (κ2) is 9.57. The van der Waals surface area contributed by atoms with E-state index in [0.717, 1.165) is 40.8 Å². The van der Waals surface area contributed by atoms with Crippen molar-refractivity contribution in [3.05, 3.63) is 62.5 Å². The van der Waals surface area contributed by atoms with Gasteiger partial charge in [0.2, 0.25) is 5.91 Å². The molecule has 1 saturated heterocycles. The number of nitrogens with zero attached hydrogens (tertiary/aromatic N) is 6. The number of hydrogen-bond acceptors (Lipinski definition) is 6. The van der Waals surface area contributed by atoms with Gasteiger partial charge in [0.25, 0.3) is 0 Å². The first-order valence-electron chi connectivity index (χ1n) is 11.7. The molecular formula is C26H27ClN6OS. The average Bonchev–Trinajstić information content (AvgIpc) is 3.32. The number of rotatable bonds is 4. The Labute approximate surface area is 214 Å². The smallest absolute Gasteiger partial charge is 0.225 e. The van der Waals surface area contributed by atoms with Crippen LogP contribution in [0.4, 0.5) is 0 Å². The van der Waals surface area contributed by atoms with E-state index in [-0.39, 0.29) is 12.3 Å². The van der Waals surface area contributed by atoms with Crippen LogP contribution in [0, 0.1) is 33.1 Å². The monoisotopic (exact) mass is 506 g/mol. The molecule has 9 heteroatoms. The van der Waals surface area contributed by atoms with Gasteiger partial charge in [0, 0.05) is 47.2 Å². The molecule has 0 saturated carbocycles. The van der Waals surface area contributed by atoms with Crippen LogP contribution < -0.4 is 0 Å². The Morgan fingerprint density at radius 3 is 2.54 bits per heavy atom. The number of halogens is 1. The first-order chi connectivity index (χ1) is 16.9. The molecule has 1 fully saturated rings. The number of aromatic nitrogens is 3. The fraction of sp³-hybridized carbons (Fsp3) is 0.385. The summed E-state index contributed by atoms with van der Waals surface area (Å²) < 4.78 is 2.08. The van der Waals surface area contributed by atoms with Crippen LogP contribution in [-0.2, 0) is 4.79 Å². The lowest BCUT2D eigenvalue weighted by Gasteiger charge is -2.34. The second-order valence-corrected chi connectivity index (χ2v) is 10.6. The fourth-order valence-electron chi connectivity index (χ4n) is 4.71. The quantitative estimate of drug-likeness (QED) is 0.502. The van der Waals surface area contributed by atoms with Crippen molar-refractivity contribution >= 4 is 34.6 Å². The molecule has 1 amide bonds. The second-order valence-electron chi connectivity index (χ2n) is 8.97. The van der Waals surface area contributed by atoms with Crippen LogP contribution in [0.1, 0.15) is 45.7 Å². The van der Waals surface area contributed by atoms with E-state index in [0.29, 0.717) is 30.5 Å². The van der Waals surface area contributed by atoms with Gasteiger partial charge in [-0.2, -0.15) is 0 Å². The SMILES string of the molecule is C#CCN1CCN(C(=O)C[C@@H]2N=C(c3ccc(Cl)cc3)c3c(sc(C)c3C)-n3c(C)nnc32)CC1. The fourth-order valence-corrected chi connectivity index (χ4v) is 6.05.